The van der Waals surface area contributed by atoms with Crippen LogP contribution in [0.5, 0.6) is 0 Å². The second-order valence-corrected chi connectivity index (χ2v) is 4.85. The first kappa shape index (κ1) is 11.9. The fourth-order valence-electron chi connectivity index (χ4n) is 2.31. The largest absolute Gasteiger partial charge is 0.469 e. The Morgan fingerprint density at radius 1 is 1.29 bits per heavy atom. The van der Waals surface area contributed by atoms with Gasteiger partial charge < -0.3 is 4.74 Å². The average Bonchev–Trinajstić information content (AvgIpc) is 2.39. The summed E-state index contributed by atoms with van der Waals surface area (Å²) >= 11 is 0. The van der Waals surface area contributed by atoms with Crippen molar-refractivity contribution in [3.63, 3.8) is 0 Å². The van der Waals surface area contributed by atoms with Crippen molar-refractivity contribution in [3.8, 4) is 0 Å². The van der Waals surface area contributed by atoms with Gasteiger partial charge in [0.1, 0.15) is 0 Å². The molecule has 2 nitrogen and oxygen atoms in total. The first-order valence-corrected chi connectivity index (χ1v) is 5.98. The number of carbonyl (C=O) groups excluding carboxylic acids is 1. The highest BCUT2D eigenvalue weighted by Crippen LogP contribution is 2.39. The molecule has 2 heteroatoms. The zero-order chi connectivity index (χ0) is 12.3. The van der Waals surface area contributed by atoms with Crippen molar-refractivity contribution in [3.05, 3.63) is 42.0 Å². The molecular formula is C15H18O2. The van der Waals surface area contributed by atoms with Gasteiger partial charge in [0.25, 0.3) is 0 Å². The van der Waals surface area contributed by atoms with Crippen LogP contribution in [0.4, 0.5) is 0 Å². The number of hydrogen-bond donors (Lipinski definition) is 0. The van der Waals surface area contributed by atoms with Gasteiger partial charge in [-0.2, -0.15) is 0 Å². The molecule has 1 aromatic carbocycles. The predicted octanol–water partition coefficient (Wildman–Crippen LogP) is 3.43. The molecule has 0 bridgehead atoms. The van der Waals surface area contributed by atoms with Crippen molar-refractivity contribution >= 4 is 11.5 Å². The Balaban J connectivity index is 2.15. The van der Waals surface area contributed by atoms with E-state index in [2.05, 4.69) is 18.2 Å². The molecule has 0 fully saturated rings. The summed E-state index contributed by atoms with van der Waals surface area (Å²) in [6, 6.07) is 10.3. The second-order valence-electron chi connectivity index (χ2n) is 4.85. The molecule has 1 unspecified atom stereocenters. The molecule has 1 atom stereocenters. The Labute approximate surface area is 102 Å². The minimum absolute atomic E-state index is 0.0964. The third kappa shape index (κ3) is 2.41. The van der Waals surface area contributed by atoms with Gasteiger partial charge in [-0.3, -0.25) is 4.79 Å². The lowest BCUT2D eigenvalue weighted by Gasteiger charge is -2.30. The van der Waals surface area contributed by atoms with Crippen molar-refractivity contribution in [2.45, 2.75) is 26.2 Å². The van der Waals surface area contributed by atoms with Crippen LogP contribution in [0.15, 0.2) is 36.4 Å². The van der Waals surface area contributed by atoms with Gasteiger partial charge in [-0.05, 0) is 37.3 Å². The Hall–Kier alpha value is -1.57. The lowest BCUT2D eigenvalue weighted by molar-refractivity contribution is -0.152. The smallest absolute Gasteiger partial charge is 0.311 e. The summed E-state index contributed by atoms with van der Waals surface area (Å²) in [5.74, 6) is -0.0964. The average molecular weight is 230 g/mol. The molecule has 1 aromatic rings. The molecule has 1 aliphatic rings. The fraction of sp³-hybridized carbons (Fsp3) is 0.400. The zero-order valence-corrected chi connectivity index (χ0v) is 10.4. The van der Waals surface area contributed by atoms with E-state index >= 15 is 0 Å². The van der Waals surface area contributed by atoms with E-state index in [1.165, 1.54) is 18.2 Å². The highest BCUT2D eigenvalue weighted by Gasteiger charge is 2.35. The van der Waals surface area contributed by atoms with E-state index in [1.54, 1.807) is 0 Å². The number of ether oxygens (including phenoxy) is 1. The summed E-state index contributed by atoms with van der Waals surface area (Å²) in [6.45, 7) is 1.98. The molecule has 0 aliphatic heterocycles. The number of rotatable bonds is 2. The maximum Gasteiger partial charge on any atom is 0.311 e. The van der Waals surface area contributed by atoms with Crippen molar-refractivity contribution < 1.29 is 9.53 Å². The van der Waals surface area contributed by atoms with Gasteiger partial charge >= 0.3 is 5.97 Å². The number of hydrogen-bond acceptors (Lipinski definition) is 2. The third-order valence-corrected chi connectivity index (χ3v) is 3.57. The van der Waals surface area contributed by atoms with Crippen molar-refractivity contribution in [1.82, 2.24) is 0 Å². The van der Waals surface area contributed by atoms with Crippen LogP contribution in [0.2, 0.25) is 0 Å². The maximum absolute atomic E-state index is 11.7. The van der Waals surface area contributed by atoms with E-state index < -0.39 is 0 Å². The number of benzene rings is 1. The summed E-state index contributed by atoms with van der Waals surface area (Å²) in [6.07, 6.45) is 4.75. The number of allylic oxidation sites excluding steroid dienone is 2. The van der Waals surface area contributed by atoms with Gasteiger partial charge in [0.2, 0.25) is 0 Å². The van der Waals surface area contributed by atoms with E-state index in [0.717, 1.165) is 19.3 Å². The first-order valence-electron chi connectivity index (χ1n) is 5.98. The number of carbonyl (C=O) groups is 1. The monoisotopic (exact) mass is 230 g/mol. The van der Waals surface area contributed by atoms with Crippen LogP contribution >= 0.6 is 0 Å². The highest BCUT2D eigenvalue weighted by atomic mass is 16.5. The standard InChI is InChI=1S/C15H18O2/c1-15(14(16)17-2)10-8-13(9-11-15)12-6-4-3-5-7-12/h3-8H,9-11H2,1-2H3. The summed E-state index contributed by atoms with van der Waals surface area (Å²) in [4.78, 5) is 11.7. The molecule has 1 aliphatic carbocycles. The zero-order valence-electron chi connectivity index (χ0n) is 10.4. The summed E-state index contributed by atoms with van der Waals surface area (Å²) in [5, 5.41) is 0. The maximum atomic E-state index is 11.7. The van der Waals surface area contributed by atoms with Crippen LogP contribution in [0.3, 0.4) is 0 Å². The van der Waals surface area contributed by atoms with Crippen molar-refractivity contribution in [2.24, 2.45) is 5.41 Å². The van der Waals surface area contributed by atoms with E-state index in [4.69, 9.17) is 4.74 Å². The number of esters is 1. The molecule has 0 radical (unpaired) electrons. The Bertz CT molecular complexity index is 433. The van der Waals surface area contributed by atoms with Crippen molar-refractivity contribution in [2.75, 3.05) is 7.11 Å². The SMILES string of the molecule is COC(=O)C1(C)CC=C(c2ccccc2)CC1. The van der Waals surface area contributed by atoms with Gasteiger partial charge in [0.15, 0.2) is 0 Å². The molecule has 0 spiro atoms. The molecular weight excluding hydrogens is 212 g/mol. The van der Waals surface area contributed by atoms with Gasteiger partial charge in [-0.25, -0.2) is 0 Å². The van der Waals surface area contributed by atoms with Crippen LogP contribution in [-0.2, 0) is 9.53 Å². The van der Waals surface area contributed by atoms with Crippen LogP contribution in [0.1, 0.15) is 31.7 Å². The molecule has 2 rings (SSSR count). The van der Waals surface area contributed by atoms with Crippen LogP contribution in [-0.4, -0.2) is 13.1 Å². The predicted molar refractivity (Wildman–Crippen MR) is 68.4 cm³/mol. The van der Waals surface area contributed by atoms with Crippen LogP contribution in [0.25, 0.3) is 5.57 Å². The molecule has 0 saturated carbocycles. The van der Waals surface area contributed by atoms with E-state index in [9.17, 15) is 4.79 Å². The minimum Gasteiger partial charge on any atom is -0.469 e. The summed E-state index contributed by atoms with van der Waals surface area (Å²) < 4.78 is 4.87. The lowest BCUT2D eigenvalue weighted by Crippen LogP contribution is -2.30. The molecule has 17 heavy (non-hydrogen) atoms. The van der Waals surface area contributed by atoms with Crippen LogP contribution in [0, 0.1) is 5.41 Å². The Morgan fingerprint density at radius 3 is 2.53 bits per heavy atom. The Morgan fingerprint density at radius 2 is 2.00 bits per heavy atom. The lowest BCUT2D eigenvalue weighted by atomic mass is 9.75. The second kappa shape index (κ2) is 4.74. The Kier molecular flexibility index (Phi) is 3.32. The van der Waals surface area contributed by atoms with Gasteiger partial charge in [-0.1, -0.05) is 36.4 Å². The van der Waals surface area contributed by atoms with Crippen LogP contribution < -0.4 is 0 Å². The molecule has 0 heterocycles. The fourth-order valence-corrected chi connectivity index (χ4v) is 2.31. The van der Waals surface area contributed by atoms with E-state index in [-0.39, 0.29) is 11.4 Å². The van der Waals surface area contributed by atoms with Gasteiger partial charge in [0, 0.05) is 0 Å². The first-order chi connectivity index (χ1) is 8.15. The summed E-state index contributed by atoms with van der Waals surface area (Å²) in [5.41, 5.74) is 2.26. The molecule has 0 amide bonds. The van der Waals surface area contributed by atoms with Crippen molar-refractivity contribution in [1.29, 1.82) is 0 Å². The quantitative estimate of drug-likeness (QED) is 0.727. The molecule has 90 valence electrons. The normalized spacial score (nSPS) is 24.0. The minimum atomic E-state index is -0.340. The molecule has 0 N–H and O–H groups in total. The van der Waals surface area contributed by atoms with E-state index in [1.807, 2.05) is 25.1 Å². The van der Waals surface area contributed by atoms with Gasteiger partial charge in [-0.15, -0.1) is 0 Å². The highest BCUT2D eigenvalue weighted by molar-refractivity contribution is 5.79. The molecule has 0 aromatic heterocycles. The topological polar surface area (TPSA) is 26.3 Å². The third-order valence-electron chi connectivity index (χ3n) is 3.57. The number of methoxy groups -OCH3 is 1. The van der Waals surface area contributed by atoms with Gasteiger partial charge in [0.05, 0.1) is 12.5 Å². The summed E-state index contributed by atoms with van der Waals surface area (Å²) in [7, 11) is 1.46. The van der Waals surface area contributed by atoms with E-state index in [0.29, 0.717) is 0 Å². The molecule has 0 saturated heterocycles.